The number of nitrogens with zero attached hydrogens (tertiary/aromatic N) is 4. The number of rotatable bonds is 8. The molecule has 3 aromatic rings. The van der Waals surface area contributed by atoms with Gasteiger partial charge in [0.2, 0.25) is 5.88 Å². The Labute approximate surface area is 165 Å². The van der Waals surface area contributed by atoms with Crippen LogP contribution in [0.4, 0.5) is 0 Å². The van der Waals surface area contributed by atoms with Crippen LogP contribution in [0, 0.1) is 0 Å². The first-order chi connectivity index (χ1) is 13.7. The summed E-state index contributed by atoms with van der Waals surface area (Å²) >= 11 is 0. The van der Waals surface area contributed by atoms with E-state index in [1.54, 1.807) is 23.4 Å². The second-order valence-corrected chi connectivity index (χ2v) is 6.29. The molecule has 144 valence electrons. The number of aromatic nitrogens is 3. The van der Waals surface area contributed by atoms with Gasteiger partial charge in [-0.05, 0) is 31.0 Å². The molecular formula is C22H24N4O2. The average Bonchev–Trinajstić information content (AvgIpc) is 2.76. The van der Waals surface area contributed by atoms with Crippen LogP contribution in [-0.4, -0.2) is 38.9 Å². The zero-order valence-corrected chi connectivity index (χ0v) is 16.2. The maximum Gasteiger partial charge on any atom is 0.260 e. The van der Waals surface area contributed by atoms with E-state index in [9.17, 15) is 4.79 Å². The Hall–Kier alpha value is -3.28. The van der Waals surface area contributed by atoms with Gasteiger partial charge in [0.15, 0.2) is 12.4 Å². The molecule has 0 spiro atoms. The van der Waals surface area contributed by atoms with Gasteiger partial charge in [-0.3, -0.25) is 9.78 Å². The summed E-state index contributed by atoms with van der Waals surface area (Å²) in [4.78, 5) is 27.4. The van der Waals surface area contributed by atoms with Gasteiger partial charge >= 0.3 is 0 Å². The van der Waals surface area contributed by atoms with Crippen molar-refractivity contribution in [2.24, 2.45) is 0 Å². The SMILES string of the molecule is CCc1cc(OCC(=O)N(CC)Cc2ccccc2)nc(-c2ccncc2)n1. The summed E-state index contributed by atoms with van der Waals surface area (Å²) in [5, 5.41) is 0. The molecule has 0 saturated carbocycles. The van der Waals surface area contributed by atoms with Gasteiger partial charge in [-0.1, -0.05) is 37.3 Å². The molecule has 1 amide bonds. The highest BCUT2D eigenvalue weighted by Gasteiger charge is 2.14. The predicted octanol–water partition coefficient (Wildman–Crippen LogP) is 3.53. The lowest BCUT2D eigenvalue weighted by Crippen LogP contribution is -2.34. The van der Waals surface area contributed by atoms with Gasteiger partial charge in [0.1, 0.15) is 0 Å². The van der Waals surface area contributed by atoms with Gasteiger partial charge in [0.25, 0.3) is 5.91 Å². The third-order valence-electron chi connectivity index (χ3n) is 4.35. The Morgan fingerprint density at radius 2 is 1.79 bits per heavy atom. The van der Waals surface area contributed by atoms with Gasteiger partial charge in [-0.15, -0.1) is 0 Å². The number of aryl methyl sites for hydroxylation is 1. The Balaban J connectivity index is 1.70. The Morgan fingerprint density at radius 3 is 2.46 bits per heavy atom. The highest BCUT2D eigenvalue weighted by Crippen LogP contribution is 2.19. The molecular weight excluding hydrogens is 352 g/mol. The van der Waals surface area contributed by atoms with Crippen LogP contribution in [0.1, 0.15) is 25.1 Å². The molecule has 0 radical (unpaired) electrons. The van der Waals surface area contributed by atoms with Gasteiger partial charge in [-0.2, -0.15) is 4.98 Å². The molecule has 0 aliphatic rings. The first kappa shape index (κ1) is 19.5. The molecule has 3 rings (SSSR count). The van der Waals surface area contributed by atoms with E-state index in [1.807, 2.05) is 56.3 Å². The smallest absolute Gasteiger partial charge is 0.260 e. The lowest BCUT2D eigenvalue weighted by molar-refractivity contribution is -0.133. The zero-order chi connectivity index (χ0) is 19.8. The Kier molecular flexibility index (Phi) is 6.68. The van der Waals surface area contributed by atoms with E-state index in [1.165, 1.54) is 0 Å². The number of ether oxygens (including phenoxy) is 1. The van der Waals surface area contributed by atoms with Crippen LogP contribution >= 0.6 is 0 Å². The normalized spacial score (nSPS) is 10.5. The number of carbonyl (C=O) groups excluding carboxylic acids is 1. The van der Waals surface area contributed by atoms with Crippen LogP contribution in [0.3, 0.4) is 0 Å². The number of amides is 1. The summed E-state index contributed by atoms with van der Waals surface area (Å²) in [5.41, 5.74) is 2.81. The van der Waals surface area contributed by atoms with Crippen molar-refractivity contribution >= 4 is 5.91 Å². The van der Waals surface area contributed by atoms with E-state index in [0.717, 1.165) is 23.2 Å². The molecule has 6 nitrogen and oxygen atoms in total. The zero-order valence-electron chi connectivity index (χ0n) is 16.2. The lowest BCUT2D eigenvalue weighted by Gasteiger charge is -2.21. The fourth-order valence-electron chi connectivity index (χ4n) is 2.76. The first-order valence-electron chi connectivity index (χ1n) is 9.42. The van der Waals surface area contributed by atoms with E-state index >= 15 is 0 Å². The average molecular weight is 376 g/mol. The summed E-state index contributed by atoms with van der Waals surface area (Å²) in [6.07, 6.45) is 4.15. The van der Waals surface area contributed by atoms with E-state index in [-0.39, 0.29) is 12.5 Å². The number of hydrogen-bond donors (Lipinski definition) is 0. The summed E-state index contributed by atoms with van der Waals surface area (Å²) in [5.74, 6) is 0.900. The van der Waals surface area contributed by atoms with Crippen LogP contribution in [0.5, 0.6) is 5.88 Å². The van der Waals surface area contributed by atoms with Crippen molar-refractivity contribution in [2.75, 3.05) is 13.2 Å². The topological polar surface area (TPSA) is 68.2 Å². The monoisotopic (exact) mass is 376 g/mol. The van der Waals surface area contributed by atoms with E-state index in [4.69, 9.17) is 4.74 Å². The predicted molar refractivity (Wildman–Crippen MR) is 108 cm³/mol. The lowest BCUT2D eigenvalue weighted by atomic mass is 10.2. The van der Waals surface area contributed by atoms with Gasteiger partial charge in [0, 0.05) is 42.8 Å². The molecule has 0 N–H and O–H groups in total. The van der Waals surface area contributed by atoms with Gasteiger partial charge in [0.05, 0.1) is 0 Å². The number of hydrogen-bond acceptors (Lipinski definition) is 5. The van der Waals surface area contributed by atoms with Crippen molar-refractivity contribution < 1.29 is 9.53 Å². The minimum absolute atomic E-state index is 0.0589. The third-order valence-corrected chi connectivity index (χ3v) is 4.35. The number of carbonyl (C=O) groups is 1. The van der Waals surface area contributed by atoms with Crippen molar-refractivity contribution in [3.05, 3.63) is 72.2 Å². The first-order valence-corrected chi connectivity index (χ1v) is 9.42. The summed E-state index contributed by atoms with van der Waals surface area (Å²) in [6, 6.07) is 15.4. The van der Waals surface area contributed by atoms with Crippen molar-refractivity contribution in [3.8, 4) is 17.3 Å². The van der Waals surface area contributed by atoms with Gasteiger partial charge < -0.3 is 9.64 Å². The van der Waals surface area contributed by atoms with Crippen LogP contribution in [0.2, 0.25) is 0 Å². The van der Waals surface area contributed by atoms with Crippen LogP contribution in [0.25, 0.3) is 11.4 Å². The molecule has 0 fully saturated rings. The number of pyridine rings is 1. The second kappa shape index (κ2) is 9.60. The molecule has 1 aromatic carbocycles. The molecule has 0 unspecified atom stereocenters. The Bertz CT molecular complexity index is 901. The molecule has 6 heteroatoms. The maximum absolute atomic E-state index is 12.6. The summed E-state index contributed by atoms with van der Waals surface area (Å²) in [6.45, 7) is 5.10. The fraction of sp³-hybridized carbons (Fsp3) is 0.273. The molecule has 2 heterocycles. The minimum Gasteiger partial charge on any atom is -0.467 e. The van der Waals surface area contributed by atoms with Crippen LogP contribution in [-0.2, 0) is 17.8 Å². The molecule has 0 atom stereocenters. The standard InChI is InChI=1S/C22H24N4O2/c1-3-19-14-20(25-22(24-19)18-10-12-23-13-11-18)28-16-21(27)26(4-2)15-17-8-6-5-7-9-17/h5-14H,3-4,15-16H2,1-2H3. The number of benzene rings is 1. The van der Waals surface area contributed by atoms with E-state index < -0.39 is 0 Å². The van der Waals surface area contributed by atoms with Crippen molar-refractivity contribution in [1.29, 1.82) is 0 Å². The van der Waals surface area contributed by atoms with Crippen molar-refractivity contribution in [1.82, 2.24) is 19.9 Å². The largest absolute Gasteiger partial charge is 0.467 e. The third kappa shape index (κ3) is 5.13. The second-order valence-electron chi connectivity index (χ2n) is 6.29. The molecule has 0 aliphatic heterocycles. The van der Waals surface area contributed by atoms with Crippen LogP contribution in [0.15, 0.2) is 60.9 Å². The van der Waals surface area contributed by atoms with Crippen LogP contribution < -0.4 is 4.74 Å². The van der Waals surface area contributed by atoms with Gasteiger partial charge in [-0.25, -0.2) is 4.98 Å². The summed E-state index contributed by atoms with van der Waals surface area (Å²) in [7, 11) is 0. The molecule has 0 bridgehead atoms. The molecule has 28 heavy (non-hydrogen) atoms. The molecule has 0 saturated heterocycles. The highest BCUT2D eigenvalue weighted by atomic mass is 16.5. The van der Waals surface area contributed by atoms with E-state index in [2.05, 4.69) is 15.0 Å². The van der Waals surface area contributed by atoms with Crippen molar-refractivity contribution in [2.45, 2.75) is 26.8 Å². The van der Waals surface area contributed by atoms with Crippen molar-refractivity contribution in [3.63, 3.8) is 0 Å². The highest BCUT2D eigenvalue weighted by molar-refractivity contribution is 5.77. The fourth-order valence-corrected chi connectivity index (χ4v) is 2.76. The minimum atomic E-state index is -0.0755. The molecule has 2 aromatic heterocycles. The maximum atomic E-state index is 12.6. The number of likely N-dealkylation sites (N-methyl/N-ethyl adjacent to an activating group) is 1. The van der Waals surface area contributed by atoms with E-state index in [0.29, 0.717) is 24.8 Å². The Morgan fingerprint density at radius 1 is 1.04 bits per heavy atom. The quantitative estimate of drug-likeness (QED) is 0.602. The molecule has 0 aliphatic carbocycles. The summed E-state index contributed by atoms with van der Waals surface area (Å²) < 4.78 is 5.74.